The lowest BCUT2D eigenvalue weighted by molar-refractivity contribution is -0.137. The average molecular weight is 854 g/mol. The molecule has 14 nitrogen and oxygen atoms in total. The minimum Gasteiger partial charge on any atom is -0.370 e. The van der Waals surface area contributed by atoms with E-state index >= 15 is 0 Å². The van der Waals surface area contributed by atoms with Crippen LogP contribution in [-0.4, -0.2) is 102 Å². The van der Waals surface area contributed by atoms with Gasteiger partial charge in [0.25, 0.3) is 5.91 Å². The van der Waals surface area contributed by atoms with Crippen LogP contribution in [0.2, 0.25) is 0 Å². The highest BCUT2D eigenvalue weighted by atomic mass is 16.2. The number of rotatable bonds is 18. The molecular formula is C49H59N9O5. The van der Waals surface area contributed by atoms with Gasteiger partial charge in [-0.1, -0.05) is 122 Å². The van der Waals surface area contributed by atoms with Gasteiger partial charge in [0.1, 0.15) is 12.1 Å². The number of para-hydroxylation sites is 1. The van der Waals surface area contributed by atoms with Crippen molar-refractivity contribution in [1.82, 2.24) is 25.3 Å². The van der Waals surface area contributed by atoms with Crippen molar-refractivity contribution < 1.29 is 24.0 Å². The number of nitrogens with one attached hydrogen (secondary N) is 2. The highest BCUT2D eigenvalue weighted by Crippen LogP contribution is 2.45. The van der Waals surface area contributed by atoms with E-state index in [4.69, 9.17) is 11.5 Å². The molecule has 6 N–H and O–H groups in total. The maximum atomic E-state index is 14.0. The number of nitrogens with zero attached hydrogens (tertiary/aromatic N) is 5. The molecule has 2 atom stereocenters. The largest absolute Gasteiger partial charge is 0.370 e. The molecule has 3 aliphatic rings. The minimum atomic E-state index is -0.932. The molecule has 0 spiro atoms. The molecule has 63 heavy (non-hydrogen) atoms. The van der Waals surface area contributed by atoms with Crippen molar-refractivity contribution >= 4 is 41.3 Å². The zero-order chi connectivity index (χ0) is 44.2. The molecule has 6 amide bonds. The Morgan fingerprint density at radius 3 is 1.90 bits per heavy atom. The third kappa shape index (κ3) is 11.1. The Bertz CT molecular complexity index is 2090. The summed E-state index contributed by atoms with van der Waals surface area (Å²) in [6.45, 7) is 2.82. The van der Waals surface area contributed by atoms with Gasteiger partial charge in [-0.15, -0.1) is 0 Å². The molecule has 0 bridgehead atoms. The van der Waals surface area contributed by atoms with Crippen LogP contribution in [0.15, 0.2) is 126 Å². The summed E-state index contributed by atoms with van der Waals surface area (Å²) in [4.78, 5) is 80.4. The fourth-order valence-corrected chi connectivity index (χ4v) is 9.43. The van der Waals surface area contributed by atoms with Gasteiger partial charge >= 0.3 is 6.03 Å². The number of benzene rings is 4. The third-order valence-corrected chi connectivity index (χ3v) is 12.6. The number of hydrogen-bond donors (Lipinski definition) is 4. The Balaban J connectivity index is 0.964. The summed E-state index contributed by atoms with van der Waals surface area (Å²) in [5, 5.41) is 5.82. The fourth-order valence-electron chi connectivity index (χ4n) is 9.43. The molecule has 4 aromatic carbocycles. The Kier molecular flexibility index (Phi) is 14.9. The van der Waals surface area contributed by atoms with E-state index in [1.807, 2.05) is 65.6 Å². The Morgan fingerprint density at radius 2 is 1.32 bits per heavy atom. The Labute approximate surface area is 369 Å². The fraction of sp³-hybridized carbons (Fsp3) is 0.388. The van der Waals surface area contributed by atoms with E-state index in [0.717, 1.165) is 43.7 Å². The second kappa shape index (κ2) is 21.0. The molecule has 0 radical (unpaired) electrons. The molecule has 3 fully saturated rings. The molecule has 4 aromatic rings. The summed E-state index contributed by atoms with van der Waals surface area (Å²) >= 11 is 0. The molecule has 1 aliphatic carbocycles. The van der Waals surface area contributed by atoms with Crippen molar-refractivity contribution in [2.24, 2.45) is 21.9 Å². The second-order valence-corrected chi connectivity index (χ2v) is 16.9. The predicted molar refractivity (Wildman–Crippen MR) is 243 cm³/mol. The van der Waals surface area contributed by atoms with E-state index < -0.39 is 35.3 Å². The van der Waals surface area contributed by atoms with E-state index in [0.29, 0.717) is 30.8 Å². The molecule has 7 rings (SSSR count). The number of imide groups is 1. The third-order valence-electron chi connectivity index (χ3n) is 12.6. The van der Waals surface area contributed by atoms with Crippen molar-refractivity contribution in [1.29, 1.82) is 0 Å². The number of urea groups is 1. The number of piperazine rings is 1. The molecule has 2 aliphatic heterocycles. The van der Waals surface area contributed by atoms with Crippen LogP contribution < -0.4 is 27.0 Å². The van der Waals surface area contributed by atoms with E-state index in [-0.39, 0.29) is 62.7 Å². The van der Waals surface area contributed by atoms with Crippen LogP contribution in [0.3, 0.4) is 0 Å². The molecule has 2 heterocycles. The summed E-state index contributed by atoms with van der Waals surface area (Å²) < 4.78 is 0. The van der Waals surface area contributed by atoms with Gasteiger partial charge in [-0.25, -0.2) is 4.79 Å². The molecule has 2 saturated heterocycles. The zero-order valence-electron chi connectivity index (χ0n) is 35.8. The lowest BCUT2D eigenvalue weighted by atomic mass is 9.78. The van der Waals surface area contributed by atoms with Crippen LogP contribution in [0, 0.1) is 5.41 Å². The predicted octanol–water partition coefficient (Wildman–Crippen LogP) is 5.13. The van der Waals surface area contributed by atoms with Crippen molar-refractivity contribution in [3.63, 3.8) is 0 Å². The summed E-state index contributed by atoms with van der Waals surface area (Å²) in [5.41, 5.74) is 14.3. The van der Waals surface area contributed by atoms with Crippen LogP contribution in [0.25, 0.3) is 0 Å². The van der Waals surface area contributed by atoms with E-state index in [9.17, 15) is 24.0 Å². The van der Waals surface area contributed by atoms with E-state index in [1.165, 1.54) is 16.0 Å². The van der Waals surface area contributed by atoms with Crippen molar-refractivity contribution in [2.75, 3.05) is 50.7 Å². The Hall–Kier alpha value is -6.54. The first kappa shape index (κ1) is 44.5. The molecule has 2 unspecified atom stereocenters. The lowest BCUT2D eigenvalue weighted by Gasteiger charge is -2.41. The summed E-state index contributed by atoms with van der Waals surface area (Å²) in [6.07, 6.45) is 4.39. The number of carbonyl (C=O) groups excluding carboxylic acids is 5. The second-order valence-electron chi connectivity index (χ2n) is 16.9. The minimum absolute atomic E-state index is 0.0239. The number of amides is 6. The van der Waals surface area contributed by atoms with Crippen molar-refractivity contribution in [3.05, 3.63) is 138 Å². The monoisotopic (exact) mass is 853 g/mol. The first-order valence-corrected chi connectivity index (χ1v) is 22.1. The van der Waals surface area contributed by atoms with Crippen molar-refractivity contribution in [3.8, 4) is 0 Å². The van der Waals surface area contributed by atoms with Gasteiger partial charge in [0.05, 0.1) is 6.04 Å². The SMILES string of the molecule is NC(N)=NCCCC(NC(=O)CC1(CC(=O)N2CCN(C(c3ccccc3)c3ccccc3)CC2)CCCC1)C(=O)NCCN1C(=O)C(c2ccccc2)N(c2ccccc2)C1=O. The van der Waals surface area contributed by atoms with Crippen LogP contribution >= 0.6 is 0 Å². The number of nitrogens with two attached hydrogens (primary N) is 2. The van der Waals surface area contributed by atoms with Gasteiger partial charge in [-0.05, 0) is 59.9 Å². The molecular weight excluding hydrogens is 795 g/mol. The van der Waals surface area contributed by atoms with E-state index in [2.05, 4.69) is 69.1 Å². The normalized spacial score (nSPS) is 18.0. The first-order chi connectivity index (χ1) is 30.6. The number of anilines is 1. The van der Waals surface area contributed by atoms with Crippen LogP contribution in [0.4, 0.5) is 10.5 Å². The highest BCUT2D eigenvalue weighted by molar-refractivity contribution is 6.14. The van der Waals surface area contributed by atoms with Gasteiger partial charge in [-0.2, -0.15) is 0 Å². The Morgan fingerprint density at radius 1 is 0.746 bits per heavy atom. The first-order valence-electron chi connectivity index (χ1n) is 22.1. The number of aliphatic imine (C=N–C) groups is 1. The van der Waals surface area contributed by atoms with Gasteiger partial charge in [-0.3, -0.25) is 38.9 Å². The maximum Gasteiger partial charge on any atom is 0.332 e. The lowest BCUT2D eigenvalue weighted by Crippen LogP contribution is -2.51. The maximum absolute atomic E-state index is 14.0. The van der Waals surface area contributed by atoms with Gasteiger partial charge < -0.3 is 27.0 Å². The van der Waals surface area contributed by atoms with Crippen LogP contribution in [-0.2, 0) is 19.2 Å². The summed E-state index contributed by atoms with van der Waals surface area (Å²) in [6, 6.07) is 36.9. The highest BCUT2D eigenvalue weighted by Gasteiger charge is 2.46. The van der Waals surface area contributed by atoms with Gasteiger partial charge in [0.15, 0.2) is 5.96 Å². The topological polar surface area (TPSA) is 187 Å². The summed E-state index contributed by atoms with van der Waals surface area (Å²) in [7, 11) is 0. The van der Waals surface area contributed by atoms with Crippen LogP contribution in [0.1, 0.15) is 80.1 Å². The standard InChI is InChI=1S/C49H59N9O5/c50-47(51)53-27-15-24-40(45(61)52-28-29-57-46(62)44(38-20-9-3-10-21-38)58(48(57)63)39-22-11-4-12-23-39)54-41(59)34-49(25-13-14-26-49)35-42(60)55-30-32-56(33-31-55)43(36-16-5-1-6-17-36)37-18-7-2-8-19-37/h1-12,16-23,40,43-44H,13-15,24-35H2,(H,52,61)(H,54,59)(H4,50,51,53). The van der Waals surface area contributed by atoms with Crippen LogP contribution in [0.5, 0.6) is 0 Å². The van der Waals surface area contributed by atoms with Gasteiger partial charge in [0, 0.05) is 64.3 Å². The smallest absolute Gasteiger partial charge is 0.332 e. The van der Waals surface area contributed by atoms with Gasteiger partial charge in [0.2, 0.25) is 17.7 Å². The number of carbonyl (C=O) groups is 5. The number of hydrogen-bond acceptors (Lipinski definition) is 7. The van der Waals surface area contributed by atoms with E-state index in [1.54, 1.807) is 12.1 Å². The molecule has 0 aromatic heterocycles. The average Bonchev–Trinajstić information content (AvgIpc) is 3.86. The van der Waals surface area contributed by atoms with Crippen molar-refractivity contribution in [2.45, 2.75) is 69.5 Å². The molecule has 330 valence electrons. The quantitative estimate of drug-likeness (QED) is 0.0460. The zero-order valence-corrected chi connectivity index (χ0v) is 35.8. The molecule has 14 heteroatoms. The number of guanidine groups is 1. The summed E-state index contributed by atoms with van der Waals surface area (Å²) in [5.74, 6) is -1.17. The molecule has 1 saturated carbocycles.